The lowest BCUT2D eigenvalue weighted by atomic mass is 9.75. The van der Waals surface area contributed by atoms with E-state index in [9.17, 15) is 0 Å². The maximum absolute atomic E-state index is 4.34. The van der Waals surface area contributed by atoms with E-state index in [1.165, 1.54) is 62.6 Å². The van der Waals surface area contributed by atoms with Gasteiger partial charge in [-0.25, -0.2) is 0 Å². The van der Waals surface area contributed by atoms with Crippen molar-refractivity contribution in [1.82, 2.24) is 10.3 Å². The number of fused-ring (bicyclic) bond motifs is 1. The van der Waals surface area contributed by atoms with Crippen molar-refractivity contribution in [2.24, 2.45) is 5.92 Å². The van der Waals surface area contributed by atoms with Gasteiger partial charge < -0.3 is 5.32 Å². The summed E-state index contributed by atoms with van der Waals surface area (Å²) < 4.78 is 0. The Kier molecular flexibility index (Phi) is 5.69. The topological polar surface area (TPSA) is 24.9 Å². The number of pyridine rings is 1. The van der Waals surface area contributed by atoms with Gasteiger partial charge in [0.2, 0.25) is 0 Å². The Bertz CT molecular complexity index is 703. The molecule has 1 heterocycles. The molecule has 0 spiro atoms. The lowest BCUT2D eigenvalue weighted by molar-refractivity contribution is 0.301. The average molecular weight is 349 g/mol. The second kappa shape index (κ2) is 8.35. The van der Waals surface area contributed by atoms with Crippen molar-refractivity contribution < 1.29 is 0 Å². The number of aryl methyl sites for hydroxylation is 2. The Morgan fingerprint density at radius 1 is 1.08 bits per heavy atom. The van der Waals surface area contributed by atoms with E-state index >= 15 is 0 Å². The van der Waals surface area contributed by atoms with Gasteiger partial charge in [0.05, 0.1) is 0 Å². The third kappa shape index (κ3) is 4.17. The highest BCUT2D eigenvalue weighted by molar-refractivity contribution is 5.38. The molecule has 2 aliphatic rings. The van der Waals surface area contributed by atoms with Gasteiger partial charge in [-0.3, -0.25) is 4.98 Å². The SMILES string of the molecule is Cc1ccc2c(c1)CCC(NCC1CCCCC1)C2Cc1cccnc1. The first-order chi connectivity index (χ1) is 12.8. The van der Waals surface area contributed by atoms with E-state index in [2.05, 4.69) is 47.6 Å². The molecule has 0 radical (unpaired) electrons. The molecule has 2 heteroatoms. The van der Waals surface area contributed by atoms with Crippen LogP contribution in [0, 0.1) is 12.8 Å². The molecule has 1 fully saturated rings. The summed E-state index contributed by atoms with van der Waals surface area (Å²) in [6.07, 6.45) is 14.6. The minimum Gasteiger partial charge on any atom is -0.313 e. The first-order valence-corrected chi connectivity index (χ1v) is 10.5. The van der Waals surface area contributed by atoms with E-state index in [4.69, 9.17) is 0 Å². The Morgan fingerprint density at radius 2 is 1.96 bits per heavy atom. The van der Waals surface area contributed by atoms with Gasteiger partial charge in [0.15, 0.2) is 0 Å². The van der Waals surface area contributed by atoms with Crippen LogP contribution in [-0.4, -0.2) is 17.6 Å². The van der Waals surface area contributed by atoms with Gasteiger partial charge in [0.1, 0.15) is 0 Å². The Balaban J connectivity index is 1.52. The summed E-state index contributed by atoms with van der Waals surface area (Å²) in [7, 11) is 0. The van der Waals surface area contributed by atoms with Gasteiger partial charge in [0, 0.05) is 24.4 Å². The van der Waals surface area contributed by atoms with Crippen LogP contribution in [-0.2, 0) is 12.8 Å². The number of benzene rings is 1. The van der Waals surface area contributed by atoms with Crippen LogP contribution in [0.1, 0.15) is 66.7 Å². The first-order valence-electron chi connectivity index (χ1n) is 10.5. The summed E-state index contributed by atoms with van der Waals surface area (Å²) >= 11 is 0. The Hall–Kier alpha value is -1.67. The van der Waals surface area contributed by atoms with Crippen molar-refractivity contribution in [3.05, 3.63) is 65.0 Å². The van der Waals surface area contributed by atoms with Gasteiger partial charge in [-0.2, -0.15) is 0 Å². The van der Waals surface area contributed by atoms with Crippen LogP contribution in [0.2, 0.25) is 0 Å². The van der Waals surface area contributed by atoms with E-state index in [1.54, 1.807) is 11.1 Å². The third-order valence-corrected chi connectivity index (χ3v) is 6.48. The standard InChI is InChI=1S/C24H32N2/c1-18-9-11-22-21(14-18)10-12-24(26-17-19-6-3-2-4-7-19)23(22)15-20-8-5-13-25-16-20/h5,8-9,11,13-14,16,19,23-24,26H,2-4,6-7,10,12,15,17H2,1H3. The van der Waals surface area contributed by atoms with Crippen molar-refractivity contribution in [2.45, 2.75) is 70.3 Å². The Labute approximate surface area is 158 Å². The zero-order valence-corrected chi connectivity index (χ0v) is 16.1. The van der Waals surface area contributed by atoms with E-state index in [0.717, 1.165) is 12.3 Å². The number of nitrogens with zero attached hydrogens (tertiary/aromatic N) is 1. The molecule has 2 nitrogen and oxygen atoms in total. The first kappa shape index (κ1) is 17.7. The highest BCUT2D eigenvalue weighted by Gasteiger charge is 2.30. The molecule has 0 amide bonds. The van der Waals surface area contributed by atoms with Crippen molar-refractivity contribution >= 4 is 0 Å². The van der Waals surface area contributed by atoms with Gasteiger partial charge >= 0.3 is 0 Å². The molecule has 0 saturated heterocycles. The molecule has 2 unspecified atom stereocenters. The maximum Gasteiger partial charge on any atom is 0.0300 e. The molecule has 1 saturated carbocycles. The van der Waals surface area contributed by atoms with Gasteiger partial charge in [-0.05, 0) is 74.2 Å². The van der Waals surface area contributed by atoms with E-state index in [0.29, 0.717) is 12.0 Å². The highest BCUT2D eigenvalue weighted by Crippen LogP contribution is 2.35. The number of hydrogen-bond acceptors (Lipinski definition) is 2. The number of hydrogen-bond donors (Lipinski definition) is 1. The predicted molar refractivity (Wildman–Crippen MR) is 109 cm³/mol. The minimum atomic E-state index is 0.562. The van der Waals surface area contributed by atoms with Crippen LogP contribution in [0.5, 0.6) is 0 Å². The minimum absolute atomic E-state index is 0.562. The molecule has 0 bridgehead atoms. The van der Waals surface area contributed by atoms with Crippen LogP contribution in [0.25, 0.3) is 0 Å². The number of nitrogens with one attached hydrogen (secondary N) is 1. The summed E-state index contributed by atoms with van der Waals surface area (Å²) in [5.74, 6) is 1.45. The van der Waals surface area contributed by atoms with Gasteiger partial charge in [0.25, 0.3) is 0 Å². The lowest BCUT2D eigenvalue weighted by Crippen LogP contribution is -2.41. The molecular formula is C24H32N2. The highest BCUT2D eigenvalue weighted by atomic mass is 14.9. The molecule has 1 aromatic carbocycles. The van der Waals surface area contributed by atoms with Crippen LogP contribution in [0.15, 0.2) is 42.7 Å². The molecule has 1 aromatic heterocycles. The molecule has 2 aliphatic carbocycles. The monoisotopic (exact) mass is 348 g/mol. The zero-order valence-electron chi connectivity index (χ0n) is 16.1. The zero-order chi connectivity index (χ0) is 17.8. The van der Waals surface area contributed by atoms with Crippen LogP contribution >= 0.6 is 0 Å². The summed E-state index contributed by atoms with van der Waals surface area (Å²) in [5, 5.41) is 4.00. The molecule has 2 aromatic rings. The van der Waals surface area contributed by atoms with E-state index < -0.39 is 0 Å². The fourth-order valence-electron chi connectivity index (χ4n) is 5.02. The Morgan fingerprint density at radius 3 is 2.77 bits per heavy atom. The molecule has 4 rings (SSSR count). The normalized spacial score (nSPS) is 23.6. The summed E-state index contributed by atoms with van der Waals surface area (Å²) in [5.41, 5.74) is 5.87. The van der Waals surface area contributed by atoms with Crippen molar-refractivity contribution in [3.8, 4) is 0 Å². The number of aromatic nitrogens is 1. The molecule has 2 atom stereocenters. The molecule has 0 aliphatic heterocycles. The molecule has 26 heavy (non-hydrogen) atoms. The van der Waals surface area contributed by atoms with Crippen LogP contribution in [0.3, 0.4) is 0 Å². The van der Waals surface area contributed by atoms with E-state index in [-0.39, 0.29) is 0 Å². The quantitative estimate of drug-likeness (QED) is 0.803. The van der Waals surface area contributed by atoms with Crippen molar-refractivity contribution in [2.75, 3.05) is 6.54 Å². The summed E-state index contributed by atoms with van der Waals surface area (Å²) in [6, 6.07) is 12.0. The van der Waals surface area contributed by atoms with Crippen LogP contribution < -0.4 is 5.32 Å². The molecule has 138 valence electrons. The summed E-state index contributed by atoms with van der Waals surface area (Å²) in [6.45, 7) is 3.42. The van der Waals surface area contributed by atoms with Crippen molar-refractivity contribution in [3.63, 3.8) is 0 Å². The third-order valence-electron chi connectivity index (χ3n) is 6.48. The van der Waals surface area contributed by atoms with Crippen molar-refractivity contribution in [1.29, 1.82) is 0 Å². The maximum atomic E-state index is 4.34. The second-order valence-electron chi connectivity index (χ2n) is 8.43. The van der Waals surface area contributed by atoms with Crippen LogP contribution in [0.4, 0.5) is 0 Å². The van der Waals surface area contributed by atoms with Gasteiger partial charge in [-0.15, -0.1) is 0 Å². The average Bonchev–Trinajstić information content (AvgIpc) is 2.69. The lowest BCUT2D eigenvalue weighted by Gasteiger charge is -2.36. The second-order valence-corrected chi connectivity index (χ2v) is 8.43. The van der Waals surface area contributed by atoms with Gasteiger partial charge in [-0.1, -0.05) is 49.1 Å². The fraction of sp³-hybridized carbons (Fsp3) is 0.542. The predicted octanol–water partition coefficient (Wildman–Crippen LogP) is 5.20. The largest absolute Gasteiger partial charge is 0.313 e. The summed E-state index contributed by atoms with van der Waals surface area (Å²) in [4.78, 5) is 4.34. The fourth-order valence-corrected chi connectivity index (χ4v) is 5.02. The molecular weight excluding hydrogens is 316 g/mol. The molecule has 1 N–H and O–H groups in total. The number of rotatable bonds is 5. The smallest absolute Gasteiger partial charge is 0.0300 e. The van der Waals surface area contributed by atoms with E-state index in [1.807, 2.05) is 12.4 Å².